The van der Waals surface area contributed by atoms with Crippen LogP contribution < -0.4 is 5.73 Å². The van der Waals surface area contributed by atoms with Crippen LogP contribution in [-0.4, -0.2) is 19.5 Å². The molecule has 1 atom stereocenters. The Bertz CT molecular complexity index is 582. The first-order valence-electron chi connectivity index (χ1n) is 5.49. The van der Waals surface area contributed by atoms with Crippen LogP contribution in [-0.2, 0) is 17.3 Å². The zero-order chi connectivity index (χ0) is 13.1. The lowest BCUT2D eigenvalue weighted by molar-refractivity contribution is 0.626. The quantitative estimate of drug-likeness (QED) is 0.858. The fraction of sp³-hybridized carbons (Fsp3) is 0.250. The van der Waals surface area contributed by atoms with Crippen molar-refractivity contribution in [1.82, 2.24) is 9.55 Å². The highest BCUT2D eigenvalue weighted by molar-refractivity contribution is 7.85. The lowest BCUT2D eigenvalue weighted by Gasteiger charge is -2.06. The molecule has 0 radical (unpaired) electrons. The number of aryl methyl sites for hydroxylation is 2. The molecular formula is C12H14FN3OS. The normalized spacial score (nSPS) is 12.6. The maximum atomic E-state index is 13.2. The van der Waals surface area contributed by atoms with Gasteiger partial charge in [0.25, 0.3) is 0 Å². The largest absolute Gasteiger partial charge is 0.396 e. The van der Waals surface area contributed by atoms with Crippen molar-refractivity contribution < 1.29 is 8.60 Å². The predicted octanol–water partition coefficient (Wildman–Crippen LogP) is 1.72. The Morgan fingerprint density at radius 3 is 2.89 bits per heavy atom. The van der Waals surface area contributed by atoms with Gasteiger partial charge in [0.1, 0.15) is 11.6 Å². The number of anilines is 1. The Labute approximate surface area is 107 Å². The molecule has 1 unspecified atom stereocenters. The minimum absolute atomic E-state index is 0.0706. The molecule has 0 amide bonds. The second-order valence-corrected chi connectivity index (χ2v) is 5.47. The summed E-state index contributed by atoms with van der Waals surface area (Å²) >= 11 is 0. The van der Waals surface area contributed by atoms with Gasteiger partial charge in [-0.15, -0.1) is 0 Å². The van der Waals surface area contributed by atoms with Gasteiger partial charge in [0.05, 0.1) is 16.5 Å². The van der Waals surface area contributed by atoms with Gasteiger partial charge in [0.15, 0.2) is 0 Å². The third-order valence-corrected chi connectivity index (χ3v) is 4.01. The van der Waals surface area contributed by atoms with E-state index in [1.807, 2.05) is 17.7 Å². The topological polar surface area (TPSA) is 60.9 Å². The second kappa shape index (κ2) is 5.30. The lowest BCUT2D eigenvalue weighted by Crippen LogP contribution is -2.09. The molecule has 2 rings (SSSR count). The standard InChI is InChI=1S/C12H14FN3OS/c1-9-15-4-5-16(9)6-7-18(17)10-2-3-12(14)11(13)8-10/h2-5,8H,6-7,14H2,1H3. The average molecular weight is 267 g/mol. The summed E-state index contributed by atoms with van der Waals surface area (Å²) in [5, 5.41) is 0. The number of rotatable bonds is 4. The lowest BCUT2D eigenvalue weighted by atomic mass is 10.3. The minimum atomic E-state index is -1.24. The molecule has 0 saturated heterocycles. The van der Waals surface area contributed by atoms with Gasteiger partial charge in [-0.3, -0.25) is 4.21 Å². The molecule has 18 heavy (non-hydrogen) atoms. The maximum Gasteiger partial charge on any atom is 0.147 e. The van der Waals surface area contributed by atoms with Gasteiger partial charge in [0, 0.05) is 29.6 Å². The number of imidazole rings is 1. The number of halogens is 1. The van der Waals surface area contributed by atoms with Gasteiger partial charge in [0.2, 0.25) is 0 Å². The number of nitrogens with zero attached hydrogens (tertiary/aromatic N) is 2. The first-order chi connectivity index (χ1) is 8.58. The maximum absolute atomic E-state index is 13.2. The summed E-state index contributed by atoms with van der Waals surface area (Å²) in [5.41, 5.74) is 5.44. The van der Waals surface area contributed by atoms with Crippen LogP contribution in [0.25, 0.3) is 0 Å². The van der Waals surface area contributed by atoms with Crippen molar-refractivity contribution in [3.63, 3.8) is 0 Å². The van der Waals surface area contributed by atoms with Crippen LogP contribution in [0.2, 0.25) is 0 Å². The van der Waals surface area contributed by atoms with Gasteiger partial charge >= 0.3 is 0 Å². The van der Waals surface area contributed by atoms with Gasteiger partial charge < -0.3 is 10.3 Å². The van der Waals surface area contributed by atoms with Crippen LogP contribution in [0, 0.1) is 12.7 Å². The molecule has 2 N–H and O–H groups in total. The molecule has 0 aliphatic carbocycles. The molecule has 0 aliphatic rings. The van der Waals surface area contributed by atoms with Gasteiger partial charge in [-0.2, -0.15) is 0 Å². The number of nitrogens with two attached hydrogens (primary N) is 1. The molecule has 96 valence electrons. The van der Waals surface area contributed by atoms with E-state index < -0.39 is 16.6 Å². The average Bonchev–Trinajstić information content (AvgIpc) is 2.75. The molecule has 0 fully saturated rings. The monoisotopic (exact) mass is 267 g/mol. The molecule has 0 saturated carbocycles. The first kappa shape index (κ1) is 12.8. The third kappa shape index (κ3) is 2.76. The van der Waals surface area contributed by atoms with Crippen LogP contribution in [0.4, 0.5) is 10.1 Å². The van der Waals surface area contributed by atoms with E-state index >= 15 is 0 Å². The fourth-order valence-corrected chi connectivity index (χ4v) is 2.64. The van der Waals surface area contributed by atoms with Crippen molar-refractivity contribution in [2.75, 3.05) is 11.5 Å². The summed E-state index contributed by atoms with van der Waals surface area (Å²) in [6, 6.07) is 4.26. The highest BCUT2D eigenvalue weighted by Gasteiger charge is 2.08. The number of benzene rings is 1. The van der Waals surface area contributed by atoms with Crippen molar-refractivity contribution in [2.24, 2.45) is 0 Å². The van der Waals surface area contributed by atoms with E-state index in [0.29, 0.717) is 17.2 Å². The van der Waals surface area contributed by atoms with Gasteiger partial charge in [-0.1, -0.05) is 0 Å². The number of nitrogen functional groups attached to an aromatic ring is 1. The van der Waals surface area contributed by atoms with Crippen LogP contribution in [0.5, 0.6) is 0 Å². The molecule has 0 spiro atoms. The number of aromatic nitrogens is 2. The van der Waals surface area contributed by atoms with Gasteiger partial charge in [-0.05, 0) is 25.1 Å². The Morgan fingerprint density at radius 2 is 2.28 bits per heavy atom. The third-order valence-electron chi connectivity index (χ3n) is 2.68. The Balaban J connectivity index is 2.04. The molecule has 6 heteroatoms. The summed E-state index contributed by atoms with van der Waals surface area (Å²) in [6.07, 6.45) is 3.53. The zero-order valence-electron chi connectivity index (χ0n) is 9.97. The van der Waals surface area contributed by atoms with E-state index in [0.717, 1.165) is 5.82 Å². The molecule has 0 bridgehead atoms. The Kier molecular flexibility index (Phi) is 3.76. The van der Waals surface area contributed by atoms with Crippen molar-refractivity contribution in [2.45, 2.75) is 18.4 Å². The summed E-state index contributed by atoms with van der Waals surface area (Å²) in [5.74, 6) is 0.760. The smallest absolute Gasteiger partial charge is 0.147 e. The fourth-order valence-electron chi connectivity index (χ4n) is 1.59. The van der Waals surface area contributed by atoms with E-state index in [1.165, 1.54) is 12.1 Å². The first-order valence-corrected chi connectivity index (χ1v) is 6.81. The molecule has 0 aliphatic heterocycles. The highest BCUT2D eigenvalue weighted by Crippen LogP contribution is 2.15. The summed E-state index contributed by atoms with van der Waals surface area (Å²) in [6.45, 7) is 2.47. The second-order valence-electron chi connectivity index (χ2n) is 3.90. The molecule has 1 heterocycles. The molecule has 2 aromatic rings. The van der Waals surface area contributed by atoms with E-state index in [1.54, 1.807) is 12.3 Å². The summed E-state index contributed by atoms with van der Waals surface area (Å²) in [4.78, 5) is 4.54. The SMILES string of the molecule is Cc1nccn1CCS(=O)c1ccc(N)c(F)c1. The van der Waals surface area contributed by atoms with Crippen LogP contribution >= 0.6 is 0 Å². The van der Waals surface area contributed by atoms with Crippen molar-refractivity contribution in [3.05, 3.63) is 42.2 Å². The van der Waals surface area contributed by atoms with Crippen LogP contribution in [0.3, 0.4) is 0 Å². The van der Waals surface area contributed by atoms with Gasteiger partial charge in [-0.25, -0.2) is 9.37 Å². The minimum Gasteiger partial charge on any atom is -0.396 e. The van der Waals surface area contributed by atoms with Crippen molar-refractivity contribution >= 4 is 16.5 Å². The summed E-state index contributed by atoms with van der Waals surface area (Å²) < 4.78 is 27.1. The zero-order valence-corrected chi connectivity index (χ0v) is 10.8. The number of hydrogen-bond acceptors (Lipinski definition) is 3. The van der Waals surface area contributed by atoms with E-state index in [2.05, 4.69) is 4.98 Å². The molecule has 1 aromatic heterocycles. The molecular weight excluding hydrogens is 253 g/mol. The summed E-state index contributed by atoms with van der Waals surface area (Å²) in [7, 11) is -1.24. The molecule has 4 nitrogen and oxygen atoms in total. The van der Waals surface area contributed by atoms with E-state index in [9.17, 15) is 8.60 Å². The van der Waals surface area contributed by atoms with Crippen molar-refractivity contribution in [3.8, 4) is 0 Å². The van der Waals surface area contributed by atoms with Crippen LogP contribution in [0.15, 0.2) is 35.5 Å². The number of hydrogen-bond donors (Lipinski definition) is 1. The van der Waals surface area contributed by atoms with E-state index in [4.69, 9.17) is 5.73 Å². The predicted molar refractivity (Wildman–Crippen MR) is 69.1 cm³/mol. The van der Waals surface area contributed by atoms with Crippen molar-refractivity contribution in [1.29, 1.82) is 0 Å². The molecule has 1 aromatic carbocycles. The van der Waals surface area contributed by atoms with Crippen LogP contribution in [0.1, 0.15) is 5.82 Å². The van der Waals surface area contributed by atoms with E-state index in [-0.39, 0.29) is 5.69 Å². The Morgan fingerprint density at radius 1 is 1.50 bits per heavy atom. The highest BCUT2D eigenvalue weighted by atomic mass is 32.2. The Hall–Kier alpha value is -1.69.